The molecule has 3 rings (SSSR count). The number of benzene rings is 2. The Morgan fingerprint density at radius 1 is 1.11 bits per heavy atom. The molecule has 0 radical (unpaired) electrons. The molecule has 6 heteroatoms. The summed E-state index contributed by atoms with van der Waals surface area (Å²) >= 11 is 0. The van der Waals surface area contributed by atoms with Crippen molar-refractivity contribution in [2.24, 2.45) is 5.73 Å². The van der Waals surface area contributed by atoms with Crippen molar-refractivity contribution in [1.29, 1.82) is 0 Å². The maximum Gasteiger partial charge on any atom is 0.217 e. The number of halogens is 2. The van der Waals surface area contributed by atoms with Gasteiger partial charge >= 0.3 is 0 Å². The highest BCUT2D eigenvalue weighted by molar-refractivity contribution is 5.73. The summed E-state index contributed by atoms with van der Waals surface area (Å²) < 4.78 is 27.2. The second-order valence-electron chi connectivity index (χ2n) is 7.01. The van der Waals surface area contributed by atoms with Gasteiger partial charge in [0.15, 0.2) is 0 Å². The van der Waals surface area contributed by atoms with E-state index in [1.54, 1.807) is 24.3 Å². The molecule has 1 aliphatic rings. The number of carbonyl (C=O) groups is 1. The Morgan fingerprint density at radius 2 is 1.63 bits per heavy atom. The van der Waals surface area contributed by atoms with Crippen LogP contribution in [0.2, 0.25) is 0 Å². The smallest absolute Gasteiger partial charge is 0.217 e. The number of carbonyl (C=O) groups excluding carboxylic acids is 1. The third kappa shape index (κ3) is 3.87. The van der Waals surface area contributed by atoms with Crippen molar-refractivity contribution in [3.63, 3.8) is 0 Å². The first kappa shape index (κ1) is 19.5. The number of nitrogens with two attached hydrogens (primary N) is 1. The summed E-state index contributed by atoms with van der Waals surface area (Å²) in [4.78, 5) is 13.5. The molecule has 1 unspecified atom stereocenters. The van der Waals surface area contributed by atoms with Crippen LogP contribution in [0.25, 0.3) is 0 Å². The van der Waals surface area contributed by atoms with E-state index in [-0.39, 0.29) is 23.6 Å². The molecule has 1 aliphatic heterocycles. The summed E-state index contributed by atoms with van der Waals surface area (Å²) in [7, 11) is 0. The molecule has 0 aromatic heterocycles. The zero-order chi connectivity index (χ0) is 19.4. The van der Waals surface area contributed by atoms with Gasteiger partial charge in [0.2, 0.25) is 5.91 Å². The van der Waals surface area contributed by atoms with Crippen LogP contribution in [0.1, 0.15) is 30.9 Å². The number of primary amides is 1. The van der Waals surface area contributed by atoms with Crippen molar-refractivity contribution in [2.45, 2.75) is 31.3 Å². The van der Waals surface area contributed by atoms with Crippen molar-refractivity contribution >= 4 is 5.91 Å². The van der Waals surface area contributed by atoms with Gasteiger partial charge in [-0.3, -0.25) is 9.69 Å². The Labute approximate surface area is 158 Å². The van der Waals surface area contributed by atoms with Crippen molar-refractivity contribution in [3.05, 3.63) is 71.3 Å². The van der Waals surface area contributed by atoms with E-state index in [9.17, 15) is 13.6 Å². The minimum absolute atomic E-state index is 0.00393. The third-order valence-electron chi connectivity index (χ3n) is 5.38. The maximum absolute atomic E-state index is 13.6. The quantitative estimate of drug-likeness (QED) is 0.819. The molecular weight excluding hydrogens is 348 g/mol. The van der Waals surface area contributed by atoms with E-state index in [0.29, 0.717) is 19.4 Å². The van der Waals surface area contributed by atoms with Crippen LogP contribution in [0.15, 0.2) is 48.5 Å². The van der Waals surface area contributed by atoms with Gasteiger partial charge in [-0.05, 0) is 55.3 Å². The number of amides is 1. The molecule has 0 saturated carbocycles. The fourth-order valence-corrected chi connectivity index (χ4v) is 4.19. The molecule has 144 valence electrons. The Kier molecular flexibility index (Phi) is 5.87. The maximum atomic E-state index is 13.6. The standard InChI is InChI=1S/C21H25F2N3O/c1-15-21(16-4-8-18(22)9-5-16,17-6-10-19(23)11-7-17)26(14-12-25-15)13-2-3-20(24)27/h4-11,15,25H,2-3,12-14H2,1H3,(H2,24,27). The third-order valence-corrected chi connectivity index (χ3v) is 5.38. The zero-order valence-electron chi connectivity index (χ0n) is 15.4. The number of nitrogens with one attached hydrogen (secondary N) is 1. The lowest BCUT2D eigenvalue weighted by Gasteiger charge is -2.52. The fraction of sp³-hybridized carbons (Fsp3) is 0.381. The van der Waals surface area contributed by atoms with Crippen molar-refractivity contribution in [3.8, 4) is 0 Å². The minimum Gasteiger partial charge on any atom is -0.370 e. The van der Waals surface area contributed by atoms with Crippen LogP contribution in [0, 0.1) is 11.6 Å². The van der Waals surface area contributed by atoms with Gasteiger partial charge in [0.25, 0.3) is 0 Å². The average Bonchev–Trinajstić information content (AvgIpc) is 2.64. The van der Waals surface area contributed by atoms with Gasteiger partial charge in [0.1, 0.15) is 11.6 Å². The predicted molar refractivity (Wildman–Crippen MR) is 101 cm³/mol. The SMILES string of the molecule is CC1NCCN(CCCC(N)=O)C1(c1ccc(F)cc1)c1ccc(F)cc1. The van der Waals surface area contributed by atoms with E-state index in [4.69, 9.17) is 5.73 Å². The number of nitrogens with zero attached hydrogens (tertiary/aromatic N) is 1. The molecule has 4 nitrogen and oxygen atoms in total. The van der Waals surface area contributed by atoms with E-state index in [1.807, 2.05) is 0 Å². The molecule has 0 spiro atoms. The Morgan fingerprint density at radius 3 is 2.11 bits per heavy atom. The van der Waals surface area contributed by atoms with Gasteiger partial charge < -0.3 is 11.1 Å². The summed E-state index contributed by atoms with van der Waals surface area (Å²) in [5.41, 5.74) is 6.56. The van der Waals surface area contributed by atoms with Crippen LogP contribution in [0.3, 0.4) is 0 Å². The van der Waals surface area contributed by atoms with E-state index in [2.05, 4.69) is 17.1 Å². The molecule has 1 saturated heterocycles. The molecule has 0 aliphatic carbocycles. The van der Waals surface area contributed by atoms with E-state index in [0.717, 1.165) is 24.2 Å². The van der Waals surface area contributed by atoms with Gasteiger partial charge in [-0.1, -0.05) is 24.3 Å². The van der Waals surface area contributed by atoms with Gasteiger partial charge in [-0.2, -0.15) is 0 Å². The lowest BCUT2D eigenvalue weighted by Crippen LogP contribution is -2.64. The summed E-state index contributed by atoms with van der Waals surface area (Å²) in [5.74, 6) is -0.929. The summed E-state index contributed by atoms with van der Waals surface area (Å²) in [6.45, 7) is 4.27. The van der Waals surface area contributed by atoms with Crippen molar-refractivity contribution < 1.29 is 13.6 Å². The molecule has 1 atom stereocenters. The first-order valence-corrected chi connectivity index (χ1v) is 9.23. The molecule has 1 amide bonds. The Hall–Kier alpha value is -2.31. The zero-order valence-corrected chi connectivity index (χ0v) is 15.4. The predicted octanol–water partition coefficient (Wildman–Crippen LogP) is 2.77. The van der Waals surface area contributed by atoms with E-state index >= 15 is 0 Å². The highest BCUT2D eigenvalue weighted by Gasteiger charge is 2.46. The fourth-order valence-electron chi connectivity index (χ4n) is 4.19. The number of rotatable bonds is 6. The molecule has 3 N–H and O–H groups in total. The van der Waals surface area contributed by atoms with Crippen LogP contribution in [0.5, 0.6) is 0 Å². The monoisotopic (exact) mass is 373 g/mol. The van der Waals surface area contributed by atoms with E-state index in [1.165, 1.54) is 24.3 Å². The molecular formula is C21H25F2N3O. The summed E-state index contributed by atoms with van der Waals surface area (Å²) in [6.07, 6.45) is 0.938. The van der Waals surface area contributed by atoms with Crippen LogP contribution < -0.4 is 11.1 Å². The van der Waals surface area contributed by atoms with Crippen LogP contribution in [-0.4, -0.2) is 36.5 Å². The molecule has 1 fully saturated rings. The van der Waals surface area contributed by atoms with Crippen molar-refractivity contribution in [2.75, 3.05) is 19.6 Å². The average molecular weight is 373 g/mol. The lowest BCUT2D eigenvalue weighted by atomic mass is 9.74. The molecule has 1 heterocycles. The summed E-state index contributed by atoms with van der Waals surface area (Å²) in [5, 5.41) is 3.51. The molecule has 27 heavy (non-hydrogen) atoms. The highest BCUT2D eigenvalue weighted by atomic mass is 19.1. The Bertz CT molecular complexity index is 732. The second kappa shape index (κ2) is 8.15. The normalized spacial score (nSPS) is 19.7. The minimum atomic E-state index is -0.600. The lowest BCUT2D eigenvalue weighted by molar-refractivity contribution is -0.118. The first-order chi connectivity index (χ1) is 12.9. The number of piperazine rings is 1. The highest BCUT2D eigenvalue weighted by Crippen LogP contribution is 2.41. The van der Waals surface area contributed by atoms with Gasteiger partial charge in [0.05, 0.1) is 5.54 Å². The van der Waals surface area contributed by atoms with Crippen molar-refractivity contribution in [1.82, 2.24) is 10.2 Å². The Balaban J connectivity index is 2.10. The number of hydrogen-bond donors (Lipinski definition) is 2. The van der Waals surface area contributed by atoms with Gasteiger partial charge in [0, 0.05) is 25.6 Å². The molecule has 2 aromatic carbocycles. The number of hydrogen-bond acceptors (Lipinski definition) is 3. The van der Waals surface area contributed by atoms with Crippen LogP contribution in [0.4, 0.5) is 8.78 Å². The summed E-state index contributed by atoms with van der Waals surface area (Å²) in [6, 6.07) is 12.9. The van der Waals surface area contributed by atoms with Gasteiger partial charge in [-0.15, -0.1) is 0 Å². The first-order valence-electron chi connectivity index (χ1n) is 9.23. The molecule has 0 bridgehead atoms. The molecule has 2 aromatic rings. The topological polar surface area (TPSA) is 58.4 Å². The van der Waals surface area contributed by atoms with Crippen LogP contribution in [-0.2, 0) is 10.3 Å². The van der Waals surface area contributed by atoms with E-state index < -0.39 is 5.54 Å². The van der Waals surface area contributed by atoms with Crippen LogP contribution >= 0.6 is 0 Å². The largest absolute Gasteiger partial charge is 0.370 e. The second-order valence-corrected chi connectivity index (χ2v) is 7.01. The van der Waals surface area contributed by atoms with Gasteiger partial charge in [-0.25, -0.2) is 8.78 Å².